The molecule has 0 aliphatic carbocycles. The second kappa shape index (κ2) is 7.80. The number of para-hydroxylation sites is 1. The van der Waals surface area contributed by atoms with Crippen molar-refractivity contribution in [2.75, 3.05) is 11.9 Å². The van der Waals surface area contributed by atoms with Gasteiger partial charge in [-0.2, -0.15) is 4.68 Å². The number of hydrogen-bond acceptors (Lipinski definition) is 7. The Hall–Kier alpha value is -3.60. The summed E-state index contributed by atoms with van der Waals surface area (Å²) >= 11 is 0. The molecule has 2 heterocycles. The Morgan fingerprint density at radius 2 is 1.97 bits per heavy atom. The number of rotatable bonds is 5. The fraction of sp³-hybridized carbons (Fsp3) is 0.167. The molecule has 2 aromatic carbocycles. The van der Waals surface area contributed by atoms with E-state index in [9.17, 15) is 13.2 Å². The Morgan fingerprint density at radius 1 is 1.10 bits per heavy atom. The van der Waals surface area contributed by atoms with Gasteiger partial charge >= 0.3 is 0 Å². The second-order valence-corrected chi connectivity index (χ2v) is 7.97. The van der Waals surface area contributed by atoms with E-state index in [1.807, 2.05) is 0 Å². The lowest BCUT2D eigenvalue weighted by atomic mass is 10.1. The quantitative estimate of drug-likeness (QED) is 0.652. The van der Waals surface area contributed by atoms with Gasteiger partial charge in [-0.25, -0.2) is 8.42 Å². The number of amides is 1. The van der Waals surface area contributed by atoms with Gasteiger partial charge in [0, 0.05) is 18.7 Å². The summed E-state index contributed by atoms with van der Waals surface area (Å²) in [6.07, 6.45) is 2.81. The van der Waals surface area contributed by atoms with Gasteiger partial charge < -0.3 is 5.32 Å². The van der Waals surface area contributed by atoms with Crippen molar-refractivity contribution in [3.05, 3.63) is 60.4 Å². The molecule has 0 radical (unpaired) electrons. The first-order valence-corrected chi connectivity index (χ1v) is 10.3. The molecule has 3 aromatic rings. The highest BCUT2D eigenvalue weighted by Crippen LogP contribution is 2.19. The smallest absolute Gasteiger partial charge is 0.262 e. The number of carbonyl (C=O) groups excluding carboxylic acids is 1. The number of hydrogen-bond donors (Lipinski definition) is 2. The molecular weight excluding hydrogens is 394 g/mol. The highest BCUT2D eigenvalue weighted by atomic mass is 32.2. The van der Waals surface area contributed by atoms with Crippen LogP contribution in [0.15, 0.2) is 64.7 Å². The Labute approximate surface area is 166 Å². The molecule has 10 nitrogen and oxygen atoms in total. The lowest BCUT2D eigenvalue weighted by Gasteiger charge is -2.11. The van der Waals surface area contributed by atoms with E-state index in [1.54, 1.807) is 36.4 Å². The number of benzene rings is 2. The lowest BCUT2D eigenvalue weighted by molar-refractivity contribution is 0.102. The molecule has 0 spiro atoms. The summed E-state index contributed by atoms with van der Waals surface area (Å²) in [6, 6.07) is 12.9. The number of tetrazole rings is 1. The Kier molecular flexibility index (Phi) is 5.04. The number of aliphatic imine (C=N–C) groups is 1. The van der Waals surface area contributed by atoms with Gasteiger partial charge in [0.05, 0.1) is 16.1 Å². The molecule has 0 bridgehead atoms. The fourth-order valence-corrected chi connectivity index (χ4v) is 4.05. The third kappa shape index (κ3) is 4.14. The number of carbonyl (C=O) groups is 1. The van der Waals surface area contributed by atoms with E-state index in [1.165, 1.54) is 23.1 Å². The van der Waals surface area contributed by atoms with Crippen LogP contribution in [0, 0.1) is 0 Å². The summed E-state index contributed by atoms with van der Waals surface area (Å²) in [5.41, 5.74) is 1.18. The van der Waals surface area contributed by atoms with Gasteiger partial charge in [-0.05, 0) is 47.2 Å². The van der Waals surface area contributed by atoms with E-state index < -0.39 is 15.9 Å². The summed E-state index contributed by atoms with van der Waals surface area (Å²) < 4.78 is 29.0. The maximum absolute atomic E-state index is 12.8. The molecular formula is C18H17N7O3S. The van der Waals surface area contributed by atoms with Crippen LogP contribution in [0.3, 0.4) is 0 Å². The maximum Gasteiger partial charge on any atom is 0.262 e. The zero-order valence-electron chi connectivity index (χ0n) is 15.2. The highest BCUT2D eigenvalue weighted by Gasteiger charge is 2.19. The zero-order chi connectivity index (χ0) is 20.3. The summed E-state index contributed by atoms with van der Waals surface area (Å²) in [7, 11) is -3.77. The Bertz CT molecular complexity index is 1170. The van der Waals surface area contributed by atoms with Crippen molar-refractivity contribution in [3.63, 3.8) is 0 Å². The van der Waals surface area contributed by atoms with E-state index in [2.05, 4.69) is 30.6 Å². The fourth-order valence-electron chi connectivity index (χ4n) is 2.91. The minimum atomic E-state index is -3.77. The number of amidine groups is 1. The van der Waals surface area contributed by atoms with Gasteiger partial charge in [0.1, 0.15) is 12.2 Å². The number of sulfonamides is 1. The van der Waals surface area contributed by atoms with Gasteiger partial charge in [0.15, 0.2) is 0 Å². The van der Waals surface area contributed by atoms with E-state index in [0.717, 1.165) is 6.42 Å². The molecule has 1 aliphatic heterocycles. The van der Waals surface area contributed by atoms with Crippen LogP contribution in [0.4, 0.5) is 5.69 Å². The molecule has 1 aliphatic rings. The van der Waals surface area contributed by atoms with E-state index in [4.69, 9.17) is 0 Å². The Morgan fingerprint density at radius 3 is 2.72 bits per heavy atom. The maximum atomic E-state index is 12.8. The first-order chi connectivity index (χ1) is 14.0. The van der Waals surface area contributed by atoms with Gasteiger partial charge in [0.2, 0.25) is 0 Å². The van der Waals surface area contributed by atoms with Crippen LogP contribution < -0.4 is 10.0 Å². The molecule has 29 heavy (non-hydrogen) atoms. The summed E-state index contributed by atoms with van der Waals surface area (Å²) in [4.78, 5) is 17.0. The van der Waals surface area contributed by atoms with Crippen LogP contribution >= 0.6 is 0 Å². The molecule has 2 N–H and O–H groups in total. The third-order valence-electron chi connectivity index (χ3n) is 4.27. The number of nitrogens with zero attached hydrogens (tertiary/aromatic N) is 5. The molecule has 11 heteroatoms. The van der Waals surface area contributed by atoms with Gasteiger partial charge in [-0.15, -0.1) is 5.10 Å². The van der Waals surface area contributed by atoms with Crippen molar-refractivity contribution in [1.29, 1.82) is 0 Å². The topological polar surface area (TPSA) is 131 Å². The average Bonchev–Trinajstić information content (AvgIpc) is 3.42. The normalized spacial score (nSPS) is 13.7. The van der Waals surface area contributed by atoms with Crippen LogP contribution in [0.1, 0.15) is 23.2 Å². The van der Waals surface area contributed by atoms with Crippen LogP contribution in [0.5, 0.6) is 0 Å². The van der Waals surface area contributed by atoms with Gasteiger partial charge in [0.25, 0.3) is 15.9 Å². The van der Waals surface area contributed by atoms with Crippen molar-refractivity contribution < 1.29 is 13.2 Å². The van der Waals surface area contributed by atoms with Crippen molar-refractivity contribution in [3.8, 4) is 5.69 Å². The zero-order valence-corrected chi connectivity index (χ0v) is 16.0. The van der Waals surface area contributed by atoms with Gasteiger partial charge in [-0.1, -0.05) is 18.2 Å². The van der Waals surface area contributed by atoms with E-state index in [-0.39, 0.29) is 4.90 Å². The molecule has 1 aromatic heterocycles. The monoisotopic (exact) mass is 411 g/mol. The Balaban J connectivity index is 1.57. The largest absolute Gasteiger partial charge is 0.322 e. The molecule has 0 unspecified atom stereocenters. The van der Waals surface area contributed by atoms with Crippen molar-refractivity contribution in [2.45, 2.75) is 17.7 Å². The first-order valence-electron chi connectivity index (χ1n) is 8.83. The molecule has 148 valence electrons. The molecule has 0 fully saturated rings. The summed E-state index contributed by atoms with van der Waals surface area (Å²) in [6.45, 7) is 0.620. The number of aromatic nitrogens is 4. The summed E-state index contributed by atoms with van der Waals surface area (Å²) in [5.74, 6) is 0.0357. The molecule has 0 saturated heterocycles. The minimum absolute atomic E-state index is 0.0404. The number of nitrogens with one attached hydrogen (secondary N) is 2. The second-order valence-electron chi connectivity index (χ2n) is 6.29. The minimum Gasteiger partial charge on any atom is -0.322 e. The molecule has 0 saturated carbocycles. The van der Waals surface area contributed by atoms with Crippen LogP contribution in [0.25, 0.3) is 5.69 Å². The standard InChI is InChI=1S/C18H17N7O3S/c26-18(15-7-1-2-8-16(15)25-12-20-23-24-25)21-13-5-3-6-14(11-13)29(27,28)22-17-9-4-10-19-17/h1-3,5-8,11-12H,4,9-10H2,(H,19,22)(H,21,26). The van der Waals surface area contributed by atoms with Crippen LogP contribution in [0.2, 0.25) is 0 Å². The van der Waals surface area contributed by atoms with Crippen LogP contribution in [-0.2, 0) is 10.0 Å². The molecule has 4 rings (SSSR count). The molecule has 0 atom stereocenters. The van der Waals surface area contributed by atoms with Gasteiger partial charge in [-0.3, -0.25) is 14.5 Å². The molecule has 1 amide bonds. The SMILES string of the molecule is O=C(Nc1cccc(S(=O)(=O)NC2=NCCC2)c1)c1ccccc1-n1cnnn1. The summed E-state index contributed by atoms with van der Waals surface area (Å²) in [5, 5.41) is 13.7. The third-order valence-corrected chi connectivity index (χ3v) is 5.65. The number of anilines is 1. The lowest BCUT2D eigenvalue weighted by Crippen LogP contribution is -2.29. The van der Waals surface area contributed by atoms with Crippen LogP contribution in [-0.4, -0.2) is 46.9 Å². The van der Waals surface area contributed by atoms with Crippen molar-refractivity contribution in [2.24, 2.45) is 4.99 Å². The predicted molar refractivity (Wildman–Crippen MR) is 105 cm³/mol. The van der Waals surface area contributed by atoms with Crippen molar-refractivity contribution in [1.82, 2.24) is 24.9 Å². The van der Waals surface area contributed by atoms with Crippen molar-refractivity contribution >= 4 is 27.5 Å². The van der Waals surface area contributed by atoms with E-state index in [0.29, 0.717) is 35.7 Å². The highest BCUT2D eigenvalue weighted by molar-refractivity contribution is 7.90. The first kappa shape index (κ1) is 18.7. The predicted octanol–water partition coefficient (Wildman–Crippen LogP) is 1.39. The average molecular weight is 411 g/mol. The van der Waals surface area contributed by atoms with E-state index >= 15 is 0 Å².